The molecule has 6 rings (SSSR count). The van der Waals surface area contributed by atoms with Crippen LogP contribution in [0, 0.1) is 5.82 Å². The number of rotatable bonds is 3. The van der Waals surface area contributed by atoms with Gasteiger partial charge in [-0.1, -0.05) is 11.6 Å². The molecule has 2 aromatic heterocycles. The van der Waals surface area contributed by atoms with Crippen LogP contribution in [0.4, 0.5) is 4.39 Å². The number of piperidine rings is 1. The monoisotopic (exact) mass is 441 g/mol. The zero-order valence-electron chi connectivity index (χ0n) is 16.7. The molecule has 2 fully saturated rings. The highest BCUT2D eigenvalue weighted by molar-refractivity contribution is 6.30. The largest absolute Gasteiger partial charge is 0.489 e. The van der Waals surface area contributed by atoms with Crippen molar-refractivity contribution in [3.8, 4) is 5.75 Å². The van der Waals surface area contributed by atoms with Crippen molar-refractivity contribution < 1.29 is 13.9 Å². The van der Waals surface area contributed by atoms with Crippen LogP contribution in [0.5, 0.6) is 5.75 Å². The van der Waals surface area contributed by atoms with Gasteiger partial charge in [0.05, 0.1) is 35.6 Å². The predicted octanol–water partition coefficient (Wildman–Crippen LogP) is 3.34. The molecular formula is C22H21ClFN5O2. The van der Waals surface area contributed by atoms with Crippen LogP contribution >= 0.6 is 11.6 Å². The number of aromatic nitrogens is 3. The fourth-order valence-corrected chi connectivity index (χ4v) is 5.23. The van der Waals surface area contributed by atoms with Crippen LogP contribution in [-0.4, -0.2) is 43.6 Å². The molecule has 3 aliphatic rings. The Kier molecular flexibility index (Phi) is 4.40. The minimum atomic E-state index is -0.410. The Bertz CT molecular complexity index is 1190. The minimum absolute atomic E-state index is 0.0129. The molecule has 31 heavy (non-hydrogen) atoms. The highest BCUT2D eigenvalue weighted by Gasteiger charge is 2.36. The smallest absolute Gasteiger partial charge is 0.258 e. The molecule has 5 heterocycles. The molecule has 7 nitrogen and oxygen atoms in total. The molecule has 1 amide bonds. The zero-order valence-corrected chi connectivity index (χ0v) is 17.5. The molecule has 2 saturated heterocycles. The number of hydrogen-bond donors (Lipinski definition) is 1. The number of nitrogens with zero attached hydrogens (tertiary/aromatic N) is 4. The Labute approximate surface area is 183 Å². The van der Waals surface area contributed by atoms with Crippen LogP contribution in [0.25, 0.3) is 5.65 Å². The highest BCUT2D eigenvalue weighted by atomic mass is 35.5. The van der Waals surface area contributed by atoms with E-state index in [0.29, 0.717) is 47.2 Å². The summed E-state index contributed by atoms with van der Waals surface area (Å²) in [7, 11) is 0. The van der Waals surface area contributed by atoms with E-state index in [1.54, 1.807) is 21.8 Å². The molecule has 9 heteroatoms. The third-order valence-corrected chi connectivity index (χ3v) is 6.69. The van der Waals surface area contributed by atoms with Crippen molar-refractivity contribution in [2.75, 3.05) is 0 Å². The molecule has 0 saturated carbocycles. The summed E-state index contributed by atoms with van der Waals surface area (Å²) in [5, 5.41) is 8.59. The fraction of sp³-hybridized carbons (Fsp3) is 0.409. The van der Waals surface area contributed by atoms with Crippen molar-refractivity contribution >= 4 is 23.2 Å². The molecule has 0 spiro atoms. The van der Waals surface area contributed by atoms with Crippen molar-refractivity contribution in [1.82, 2.24) is 24.8 Å². The van der Waals surface area contributed by atoms with E-state index in [1.165, 1.54) is 18.2 Å². The van der Waals surface area contributed by atoms with Crippen molar-refractivity contribution in [3.63, 3.8) is 0 Å². The maximum atomic E-state index is 14.0. The lowest BCUT2D eigenvalue weighted by molar-refractivity contribution is 0.0737. The van der Waals surface area contributed by atoms with Crippen molar-refractivity contribution in [3.05, 3.63) is 58.3 Å². The number of carbonyl (C=O) groups excluding carboxylic acids is 1. The van der Waals surface area contributed by atoms with E-state index in [9.17, 15) is 9.18 Å². The van der Waals surface area contributed by atoms with Gasteiger partial charge in [0.15, 0.2) is 5.65 Å². The number of nitrogens with one attached hydrogen (secondary N) is 1. The van der Waals surface area contributed by atoms with Crippen LogP contribution in [0.1, 0.15) is 47.3 Å². The maximum absolute atomic E-state index is 14.0. The molecule has 2 unspecified atom stereocenters. The van der Waals surface area contributed by atoms with Gasteiger partial charge in [0, 0.05) is 29.9 Å². The summed E-state index contributed by atoms with van der Waals surface area (Å²) in [6, 6.07) is 5.05. The molecule has 3 aliphatic heterocycles. The van der Waals surface area contributed by atoms with Gasteiger partial charge in [0.1, 0.15) is 17.7 Å². The van der Waals surface area contributed by atoms with E-state index < -0.39 is 5.82 Å². The summed E-state index contributed by atoms with van der Waals surface area (Å²) >= 11 is 6.00. The number of ether oxygens (including phenoxy) is 1. The Morgan fingerprint density at radius 1 is 1.23 bits per heavy atom. The van der Waals surface area contributed by atoms with E-state index in [-0.39, 0.29) is 12.0 Å². The van der Waals surface area contributed by atoms with Gasteiger partial charge in [0.25, 0.3) is 5.91 Å². The van der Waals surface area contributed by atoms with Gasteiger partial charge in [0.2, 0.25) is 0 Å². The lowest BCUT2D eigenvalue weighted by Crippen LogP contribution is -2.42. The molecule has 3 aromatic rings. The van der Waals surface area contributed by atoms with Crippen molar-refractivity contribution in [2.24, 2.45) is 0 Å². The molecule has 1 N–H and O–H groups in total. The number of carbonyl (C=O) groups is 1. The second kappa shape index (κ2) is 7.17. The topological polar surface area (TPSA) is 71.8 Å². The van der Waals surface area contributed by atoms with E-state index in [4.69, 9.17) is 16.3 Å². The Morgan fingerprint density at radius 3 is 2.84 bits per heavy atom. The van der Waals surface area contributed by atoms with Crippen LogP contribution in [-0.2, 0) is 13.1 Å². The van der Waals surface area contributed by atoms with Crippen LogP contribution < -0.4 is 10.1 Å². The number of hydrogen-bond acceptors (Lipinski definition) is 5. The standard InChI is InChI=1S/C22H21ClFN5O2/c23-12-8-25-21-18-10-28(11-19(18)27-29(21)9-12)22(30)17-4-1-13(24)5-20(17)31-16-6-14-2-3-15(7-16)26-14/h1,4-5,8-9,14-16,26H,2-3,6-7,10-11H2/t14-,15?,16?/m1/s1. The van der Waals surface area contributed by atoms with Gasteiger partial charge in [-0.3, -0.25) is 4.79 Å². The van der Waals surface area contributed by atoms with Crippen molar-refractivity contribution in [1.29, 1.82) is 0 Å². The van der Waals surface area contributed by atoms with E-state index >= 15 is 0 Å². The second-order valence-electron chi connectivity index (χ2n) is 8.62. The molecule has 1 aromatic carbocycles. The highest BCUT2D eigenvalue weighted by Crippen LogP contribution is 2.33. The zero-order chi connectivity index (χ0) is 21.1. The first-order chi connectivity index (χ1) is 15.0. The third kappa shape index (κ3) is 3.34. The first-order valence-corrected chi connectivity index (χ1v) is 10.9. The summed E-state index contributed by atoms with van der Waals surface area (Å²) in [4.78, 5) is 19.4. The van der Waals surface area contributed by atoms with Crippen LogP contribution in [0.15, 0.2) is 30.6 Å². The van der Waals surface area contributed by atoms with Gasteiger partial charge in [-0.15, -0.1) is 0 Å². The number of halogens is 2. The lowest BCUT2D eigenvalue weighted by Gasteiger charge is -2.30. The maximum Gasteiger partial charge on any atom is 0.258 e. The van der Waals surface area contributed by atoms with Crippen molar-refractivity contribution in [2.45, 2.75) is 57.0 Å². The third-order valence-electron chi connectivity index (χ3n) is 6.49. The normalized spacial score (nSPS) is 24.6. The van der Waals surface area contributed by atoms with Gasteiger partial charge < -0.3 is 15.0 Å². The molecule has 160 valence electrons. The summed E-state index contributed by atoms with van der Waals surface area (Å²) in [5.41, 5.74) is 2.77. The average molecular weight is 442 g/mol. The van der Waals surface area contributed by atoms with E-state index in [0.717, 1.165) is 36.9 Å². The summed E-state index contributed by atoms with van der Waals surface area (Å²) in [5.74, 6) is -0.288. The Balaban J connectivity index is 1.25. The van der Waals surface area contributed by atoms with E-state index in [2.05, 4.69) is 15.4 Å². The molecule has 2 bridgehead atoms. The van der Waals surface area contributed by atoms with Gasteiger partial charge in [-0.05, 0) is 37.8 Å². The lowest BCUT2D eigenvalue weighted by atomic mass is 10.0. The predicted molar refractivity (Wildman–Crippen MR) is 112 cm³/mol. The SMILES string of the molecule is O=C(c1ccc(F)cc1OC1CC2CC[C@H](C1)N2)N1Cc2nn3cc(Cl)cnc3c2C1. The Morgan fingerprint density at radius 2 is 2.03 bits per heavy atom. The van der Waals surface area contributed by atoms with Crippen LogP contribution in [0.2, 0.25) is 5.02 Å². The van der Waals surface area contributed by atoms with E-state index in [1.807, 2.05) is 0 Å². The summed E-state index contributed by atoms with van der Waals surface area (Å²) in [6.07, 6.45) is 7.30. The number of benzene rings is 1. The van der Waals surface area contributed by atoms with Gasteiger partial charge in [-0.25, -0.2) is 13.9 Å². The quantitative estimate of drug-likeness (QED) is 0.675. The molecule has 0 aliphatic carbocycles. The minimum Gasteiger partial charge on any atom is -0.489 e. The van der Waals surface area contributed by atoms with Gasteiger partial charge in [-0.2, -0.15) is 5.10 Å². The average Bonchev–Trinajstić information content (AvgIpc) is 3.39. The second-order valence-corrected chi connectivity index (χ2v) is 9.05. The summed E-state index contributed by atoms with van der Waals surface area (Å²) in [6.45, 7) is 0.754. The van der Waals surface area contributed by atoms with Gasteiger partial charge >= 0.3 is 0 Å². The molecule has 3 atom stereocenters. The molecular weight excluding hydrogens is 421 g/mol. The number of fused-ring (bicyclic) bond motifs is 5. The van der Waals surface area contributed by atoms with Crippen LogP contribution in [0.3, 0.4) is 0 Å². The Hall–Kier alpha value is -2.71. The number of amides is 1. The first kappa shape index (κ1) is 19.0. The summed E-state index contributed by atoms with van der Waals surface area (Å²) < 4.78 is 21.9. The molecule has 0 radical (unpaired) electrons. The fourth-order valence-electron chi connectivity index (χ4n) is 5.09. The first-order valence-electron chi connectivity index (χ1n) is 10.6.